The number of rotatable bonds is 13. The molecular formula is C13H31NO6P2. The molecule has 0 saturated carbocycles. The highest BCUT2D eigenvalue weighted by molar-refractivity contribution is 7.72. The summed E-state index contributed by atoms with van der Waals surface area (Å²) in [6.07, 6.45) is 0. The molecule has 0 radical (unpaired) electrons. The van der Waals surface area contributed by atoms with Crippen LogP contribution in [0.3, 0.4) is 0 Å². The number of hydrogen-bond acceptors (Lipinski definition) is 7. The summed E-state index contributed by atoms with van der Waals surface area (Å²) in [7, 11) is -7.37. The maximum atomic E-state index is 13.3. The molecule has 0 atom stereocenters. The average Bonchev–Trinajstić information content (AvgIpc) is 2.45. The van der Waals surface area contributed by atoms with Gasteiger partial charge in [0, 0.05) is 0 Å². The van der Waals surface area contributed by atoms with Gasteiger partial charge in [-0.15, -0.1) is 0 Å². The van der Waals surface area contributed by atoms with Crippen LogP contribution in [0.2, 0.25) is 0 Å². The Kier molecular flexibility index (Phi) is 11.1. The molecule has 0 fully saturated rings. The Morgan fingerprint density at radius 2 is 0.955 bits per heavy atom. The van der Waals surface area contributed by atoms with Gasteiger partial charge < -0.3 is 18.1 Å². The lowest BCUT2D eigenvalue weighted by atomic mass is 10.6. The van der Waals surface area contributed by atoms with Crippen molar-refractivity contribution in [1.29, 1.82) is 0 Å². The van der Waals surface area contributed by atoms with Crippen LogP contribution >= 0.6 is 15.2 Å². The van der Waals surface area contributed by atoms with Gasteiger partial charge in [0.2, 0.25) is 5.52 Å². The second kappa shape index (κ2) is 10.9. The molecule has 0 aliphatic carbocycles. The molecule has 0 aliphatic rings. The van der Waals surface area contributed by atoms with Gasteiger partial charge in [-0.3, -0.25) is 14.0 Å². The minimum absolute atomic E-state index is 0.188. The summed E-state index contributed by atoms with van der Waals surface area (Å²) < 4.78 is 48.2. The first-order valence-electron chi connectivity index (χ1n) is 7.90. The Bertz CT molecular complexity index is 339. The molecule has 0 unspecified atom stereocenters. The van der Waals surface area contributed by atoms with E-state index in [2.05, 4.69) is 0 Å². The van der Waals surface area contributed by atoms with E-state index < -0.39 is 20.7 Å². The summed E-state index contributed by atoms with van der Waals surface area (Å²) >= 11 is 0. The van der Waals surface area contributed by atoms with Crippen LogP contribution in [0.4, 0.5) is 0 Å². The monoisotopic (exact) mass is 359 g/mol. The van der Waals surface area contributed by atoms with Gasteiger partial charge in [0.1, 0.15) is 0 Å². The first kappa shape index (κ1) is 22.3. The quantitative estimate of drug-likeness (QED) is 0.457. The third-order valence-electron chi connectivity index (χ3n) is 2.94. The molecular weight excluding hydrogens is 328 g/mol. The van der Waals surface area contributed by atoms with Crippen LogP contribution in [0.15, 0.2) is 0 Å². The molecule has 0 spiro atoms. The average molecular weight is 359 g/mol. The second-order valence-electron chi connectivity index (χ2n) is 4.32. The maximum absolute atomic E-state index is 13.3. The predicted octanol–water partition coefficient (Wildman–Crippen LogP) is 4.14. The zero-order valence-electron chi connectivity index (χ0n) is 14.6. The van der Waals surface area contributed by atoms with Crippen molar-refractivity contribution in [3.8, 4) is 0 Å². The Labute approximate surface area is 134 Å². The van der Waals surface area contributed by atoms with E-state index in [0.717, 1.165) is 0 Å². The first-order chi connectivity index (χ1) is 10.4. The van der Waals surface area contributed by atoms with Crippen molar-refractivity contribution in [1.82, 2.24) is 4.90 Å². The summed E-state index contributed by atoms with van der Waals surface area (Å²) in [5, 5.41) is 0. The highest BCUT2D eigenvalue weighted by Gasteiger charge is 2.53. The number of nitrogens with zero attached hydrogens (tertiary/aromatic N) is 1. The van der Waals surface area contributed by atoms with Crippen molar-refractivity contribution < 1.29 is 27.2 Å². The molecule has 0 N–H and O–H groups in total. The number of hydrogen-bond donors (Lipinski definition) is 0. The summed E-state index contributed by atoms with van der Waals surface area (Å²) in [5.74, 6) is 0. The molecule has 0 saturated heterocycles. The fraction of sp³-hybridized carbons (Fsp3) is 1.00. The van der Waals surface area contributed by atoms with Gasteiger partial charge in [0.15, 0.2) is 0 Å². The standard InChI is InChI=1S/C13H31NO6P2/c1-7-14(8-2)13(21(15,17-9-3)18-10-4)22(16,19-11-5)20-12-6/h13H,7-12H2,1-6H3. The lowest BCUT2D eigenvalue weighted by Crippen LogP contribution is -2.37. The van der Waals surface area contributed by atoms with Gasteiger partial charge in [-0.2, -0.15) is 0 Å². The Morgan fingerprint density at radius 3 is 1.14 bits per heavy atom. The van der Waals surface area contributed by atoms with E-state index >= 15 is 0 Å². The third kappa shape index (κ3) is 5.72. The summed E-state index contributed by atoms with van der Waals surface area (Å²) in [5.41, 5.74) is -1.06. The van der Waals surface area contributed by atoms with Gasteiger partial charge >= 0.3 is 15.2 Å². The summed E-state index contributed by atoms with van der Waals surface area (Å²) in [6.45, 7) is 12.5. The van der Waals surface area contributed by atoms with Gasteiger partial charge in [0.05, 0.1) is 26.4 Å². The van der Waals surface area contributed by atoms with Crippen LogP contribution in [0.5, 0.6) is 0 Å². The van der Waals surface area contributed by atoms with Gasteiger partial charge in [0.25, 0.3) is 0 Å². The highest BCUT2D eigenvalue weighted by Crippen LogP contribution is 2.71. The molecule has 22 heavy (non-hydrogen) atoms. The van der Waals surface area contributed by atoms with Crippen LogP contribution in [-0.2, 0) is 27.2 Å². The highest BCUT2D eigenvalue weighted by atomic mass is 31.2. The van der Waals surface area contributed by atoms with Crippen molar-refractivity contribution in [2.45, 2.75) is 47.1 Å². The minimum atomic E-state index is -3.69. The van der Waals surface area contributed by atoms with Crippen LogP contribution in [0, 0.1) is 0 Å². The second-order valence-corrected chi connectivity index (χ2v) is 8.90. The Balaban J connectivity index is 5.96. The molecule has 0 amide bonds. The van der Waals surface area contributed by atoms with Crippen molar-refractivity contribution in [2.75, 3.05) is 39.5 Å². The third-order valence-corrected chi connectivity index (χ3v) is 8.89. The first-order valence-corrected chi connectivity index (χ1v) is 11.1. The van der Waals surface area contributed by atoms with E-state index in [1.807, 2.05) is 13.8 Å². The van der Waals surface area contributed by atoms with Gasteiger partial charge in [-0.25, -0.2) is 0 Å². The molecule has 0 bridgehead atoms. The molecule has 134 valence electrons. The molecule has 0 aromatic heterocycles. The summed E-state index contributed by atoms with van der Waals surface area (Å²) in [6, 6.07) is 0. The lowest BCUT2D eigenvalue weighted by Gasteiger charge is -2.37. The predicted molar refractivity (Wildman–Crippen MR) is 88.4 cm³/mol. The Morgan fingerprint density at radius 1 is 0.682 bits per heavy atom. The van der Waals surface area contributed by atoms with Crippen LogP contribution < -0.4 is 0 Å². The molecule has 0 rings (SSSR count). The largest absolute Gasteiger partial charge is 0.360 e. The fourth-order valence-electron chi connectivity index (χ4n) is 2.18. The van der Waals surface area contributed by atoms with Crippen LogP contribution in [0.1, 0.15) is 41.5 Å². The van der Waals surface area contributed by atoms with E-state index in [0.29, 0.717) is 13.1 Å². The zero-order chi connectivity index (χ0) is 17.2. The van der Waals surface area contributed by atoms with E-state index in [-0.39, 0.29) is 26.4 Å². The van der Waals surface area contributed by atoms with Crippen molar-refractivity contribution in [3.05, 3.63) is 0 Å². The maximum Gasteiger partial charge on any atom is 0.360 e. The van der Waals surface area contributed by atoms with Crippen molar-refractivity contribution in [2.24, 2.45) is 0 Å². The molecule has 0 heterocycles. The van der Waals surface area contributed by atoms with E-state index in [9.17, 15) is 9.13 Å². The fourth-order valence-corrected chi connectivity index (χ4v) is 7.95. The smallest absolute Gasteiger partial charge is 0.307 e. The summed E-state index contributed by atoms with van der Waals surface area (Å²) in [4.78, 5) is 1.76. The molecule has 0 aromatic rings. The molecule has 9 heteroatoms. The van der Waals surface area contributed by atoms with Crippen LogP contribution in [-0.4, -0.2) is 49.9 Å². The SMILES string of the molecule is CCOP(=O)(OCC)C(N(CC)CC)P(=O)(OCC)OCC. The lowest BCUT2D eigenvalue weighted by molar-refractivity contribution is 0.156. The normalized spacial score (nSPS) is 13.3. The molecule has 0 aliphatic heterocycles. The van der Waals surface area contributed by atoms with E-state index in [4.69, 9.17) is 18.1 Å². The molecule has 0 aromatic carbocycles. The van der Waals surface area contributed by atoms with Crippen molar-refractivity contribution in [3.63, 3.8) is 0 Å². The topological polar surface area (TPSA) is 74.3 Å². The minimum Gasteiger partial charge on any atom is -0.307 e. The van der Waals surface area contributed by atoms with Crippen LogP contribution in [0.25, 0.3) is 0 Å². The zero-order valence-corrected chi connectivity index (χ0v) is 16.4. The van der Waals surface area contributed by atoms with Gasteiger partial charge in [-0.1, -0.05) is 13.8 Å². The van der Waals surface area contributed by atoms with Gasteiger partial charge in [-0.05, 0) is 40.8 Å². The van der Waals surface area contributed by atoms with E-state index in [1.54, 1.807) is 32.6 Å². The Hall–Kier alpha value is 0.260. The van der Waals surface area contributed by atoms with Crippen molar-refractivity contribution >= 4 is 15.2 Å². The van der Waals surface area contributed by atoms with E-state index in [1.165, 1.54) is 0 Å². The molecule has 7 nitrogen and oxygen atoms in total.